The van der Waals surface area contributed by atoms with Gasteiger partial charge < -0.3 is 0 Å². The largest absolute Gasteiger partial charge is 0.256 e. The summed E-state index contributed by atoms with van der Waals surface area (Å²) in [5.41, 5.74) is 6.25. The van der Waals surface area contributed by atoms with Crippen molar-refractivity contribution < 1.29 is 0 Å². The Morgan fingerprint density at radius 2 is 1.27 bits per heavy atom. The third kappa shape index (κ3) is 3.63. The average molecular weight is 384 g/mol. The molecule has 0 radical (unpaired) electrons. The van der Waals surface area contributed by atoms with Gasteiger partial charge in [-0.05, 0) is 46.7 Å². The number of rotatable bonds is 4. The van der Waals surface area contributed by atoms with E-state index in [1.54, 1.807) is 0 Å². The summed E-state index contributed by atoms with van der Waals surface area (Å²) in [7, 11) is 0. The molecule has 2 heteroatoms. The highest BCUT2D eigenvalue weighted by molar-refractivity contribution is 5.95. The van der Waals surface area contributed by atoms with Crippen molar-refractivity contribution in [2.45, 2.75) is 0 Å². The van der Waals surface area contributed by atoms with Gasteiger partial charge in [-0.15, -0.1) is 0 Å². The number of aromatic nitrogens is 2. The highest BCUT2D eigenvalue weighted by Gasteiger charge is 2.06. The molecule has 5 aromatic rings. The summed E-state index contributed by atoms with van der Waals surface area (Å²) in [6.07, 6.45) is 6.00. The van der Waals surface area contributed by atoms with E-state index in [0.717, 1.165) is 33.8 Å². The molecule has 0 N–H and O–H groups in total. The zero-order valence-corrected chi connectivity index (χ0v) is 16.4. The number of pyridine rings is 2. The van der Waals surface area contributed by atoms with Crippen LogP contribution in [0.15, 0.2) is 109 Å². The van der Waals surface area contributed by atoms with Crippen molar-refractivity contribution in [3.8, 4) is 22.5 Å². The number of hydrogen-bond donors (Lipinski definition) is 0. The molecule has 0 atom stereocenters. The smallest absolute Gasteiger partial charge is 0.0715 e. The van der Waals surface area contributed by atoms with Crippen LogP contribution >= 0.6 is 0 Å². The molecule has 2 aromatic heterocycles. The quantitative estimate of drug-likeness (QED) is 0.329. The van der Waals surface area contributed by atoms with Crippen LogP contribution < -0.4 is 0 Å². The minimum absolute atomic E-state index is 0.927. The fraction of sp³-hybridized carbons (Fsp3) is 0. The van der Waals surface area contributed by atoms with E-state index >= 15 is 0 Å². The molecule has 0 spiro atoms. The molecule has 0 saturated heterocycles. The summed E-state index contributed by atoms with van der Waals surface area (Å²) in [4.78, 5) is 9.41. The molecule has 0 aliphatic carbocycles. The highest BCUT2D eigenvalue weighted by Crippen LogP contribution is 2.28. The van der Waals surface area contributed by atoms with Crippen LogP contribution in [0.4, 0.5) is 0 Å². The number of fused-ring (bicyclic) bond motifs is 1. The predicted octanol–water partition coefficient (Wildman–Crippen LogP) is 7.13. The van der Waals surface area contributed by atoms with Crippen molar-refractivity contribution in [1.82, 2.24) is 9.97 Å². The van der Waals surface area contributed by atoms with E-state index < -0.39 is 0 Å². The Balaban J connectivity index is 1.51. The van der Waals surface area contributed by atoms with Crippen LogP contribution in [-0.4, -0.2) is 9.97 Å². The molecule has 0 bridgehead atoms. The van der Waals surface area contributed by atoms with Crippen molar-refractivity contribution in [3.63, 3.8) is 0 Å². The van der Waals surface area contributed by atoms with Crippen molar-refractivity contribution in [2.24, 2.45) is 0 Å². The SMILES string of the molecule is C(=Cc1ccccc1-c1ccccn1)c1cccc(-c2cccc3ccccc23)n1. The third-order valence-corrected chi connectivity index (χ3v) is 5.17. The number of benzene rings is 3. The van der Waals surface area contributed by atoms with Gasteiger partial charge in [0.25, 0.3) is 0 Å². The van der Waals surface area contributed by atoms with Crippen molar-refractivity contribution in [3.05, 3.63) is 121 Å². The summed E-state index contributed by atoms with van der Waals surface area (Å²) in [5, 5.41) is 2.44. The monoisotopic (exact) mass is 384 g/mol. The summed E-state index contributed by atoms with van der Waals surface area (Å²) in [5.74, 6) is 0. The Labute approximate surface area is 176 Å². The van der Waals surface area contributed by atoms with E-state index in [4.69, 9.17) is 4.98 Å². The van der Waals surface area contributed by atoms with Crippen LogP contribution in [0.25, 0.3) is 45.4 Å². The normalized spacial score (nSPS) is 11.2. The molecule has 2 nitrogen and oxygen atoms in total. The minimum Gasteiger partial charge on any atom is -0.256 e. The lowest BCUT2D eigenvalue weighted by Gasteiger charge is -2.07. The second-order valence-corrected chi connectivity index (χ2v) is 7.11. The third-order valence-electron chi connectivity index (χ3n) is 5.17. The van der Waals surface area contributed by atoms with E-state index in [9.17, 15) is 0 Å². The van der Waals surface area contributed by atoms with Crippen LogP contribution in [0.5, 0.6) is 0 Å². The van der Waals surface area contributed by atoms with Crippen LogP contribution in [-0.2, 0) is 0 Å². The number of hydrogen-bond acceptors (Lipinski definition) is 2. The molecule has 0 saturated carbocycles. The zero-order chi connectivity index (χ0) is 20.2. The second-order valence-electron chi connectivity index (χ2n) is 7.11. The molecule has 3 aromatic carbocycles. The molecule has 0 amide bonds. The second kappa shape index (κ2) is 8.14. The molecule has 5 rings (SSSR count). The Morgan fingerprint density at radius 1 is 0.533 bits per heavy atom. The van der Waals surface area contributed by atoms with Crippen LogP contribution in [0.1, 0.15) is 11.3 Å². The van der Waals surface area contributed by atoms with Gasteiger partial charge in [0.05, 0.1) is 17.1 Å². The molecule has 2 heterocycles. The highest BCUT2D eigenvalue weighted by atomic mass is 14.7. The van der Waals surface area contributed by atoms with Crippen molar-refractivity contribution >= 4 is 22.9 Å². The first-order chi connectivity index (χ1) is 14.9. The van der Waals surface area contributed by atoms with Gasteiger partial charge in [0.1, 0.15) is 0 Å². The Hall–Kier alpha value is -4.04. The molecular weight excluding hydrogens is 364 g/mol. The van der Waals surface area contributed by atoms with Gasteiger partial charge in [-0.25, -0.2) is 4.98 Å². The summed E-state index contributed by atoms with van der Waals surface area (Å²) >= 11 is 0. The van der Waals surface area contributed by atoms with Crippen molar-refractivity contribution in [1.29, 1.82) is 0 Å². The standard InChI is InChI=1S/C28H20N2/c1-3-13-24-21(9-1)11-7-15-26(24)28-17-8-12-23(30-28)19-18-22-10-2-4-14-25(22)27-16-5-6-20-29-27/h1-20H. The van der Waals surface area contributed by atoms with E-state index in [1.807, 2.05) is 42.6 Å². The fourth-order valence-corrected chi connectivity index (χ4v) is 3.72. The topological polar surface area (TPSA) is 25.8 Å². The summed E-state index contributed by atoms with van der Waals surface area (Å²) in [6.45, 7) is 0. The maximum atomic E-state index is 4.91. The number of nitrogens with zero attached hydrogens (tertiary/aromatic N) is 2. The van der Waals surface area contributed by atoms with E-state index in [0.29, 0.717) is 0 Å². The van der Waals surface area contributed by atoms with Crippen LogP contribution in [0.2, 0.25) is 0 Å². The van der Waals surface area contributed by atoms with Gasteiger partial charge in [0.2, 0.25) is 0 Å². The van der Waals surface area contributed by atoms with E-state index in [-0.39, 0.29) is 0 Å². The minimum atomic E-state index is 0.927. The average Bonchev–Trinajstić information content (AvgIpc) is 2.83. The van der Waals surface area contributed by atoms with Gasteiger partial charge in [-0.3, -0.25) is 4.98 Å². The first-order valence-electron chi connectivity index (χ1n) is 10.0. The van der Waals surface area contributed by atoms with E-state index in [2.05, 4.69) is 83.9 Å². The van der Waals surface area contributed by atoms with Gasteiger partial charge in [0, 0.05) is 17.3 Å². The van der Waals surface area contributed by atoms with Crippen molar-refractivity contribution in [2.75, 3.05) is 0 Å². The summed E-state index contributed by atoms with van der Waals surface area (Å²) < 4.78 is 0. The molecule has 0 aliphatic rings. The molecule has 30 heavy (non-hydrogen) atoms. The summed E-state index contributed by atoms with van der Waals surface area (Å²) in [6, 6.07) is 35.2. The molecule has 0 fully saturated rings. The van der Waals surface area contributed by atoms with Gasteiger partial charge in [-0.2, -0.15) is 0 Å². The van der Waals surface area contributed by atoms with Gasteiger partial charge in [0.15, 0.2) is 0 Å². The first kappa shape index (κ1) is 18.0. The van der Waals surface area contributed by atoms with Crippen LogP contribution in [0, 0.1) is 0 Å². The fourth-order valence-electron chi connectivity index (χ4n) is 3.72. The molecule has 142 valence electrons. The zero-order valence-electron chi connectivity index (χ0n) is 16.4. The lowest BCUT2D eigenvalue weighted by molar-refractivity contribution is 1.30. The first-order valence-corrected chi connectivity index (χ1v) is 10.0. The Kier molecular flexibility index (Phi) is 4.89. The van der Waals surface area contributed by atoms with Gasteiger partial charge in [-0.1, -0.05) is 84.9 Å². The molecule has 0 unspecified atom stereocenters. The lowest BCUT2D eigenvalue weighted by Crippen LogP contribution is -1.88. The predicted molar refractivity (Wildman–Crippen MR) is 126 cm³/mol. The molecule has 0 aliphatic heterocycles. The van der Waals surface area contributed by atoms with Gasteiger partial charge >= 0.3 is 0 Å². The van der Waals surface area contributed by atoms with Crippen LogP contribution in [0.3, 0.4) is 0 Å². The maximum absolute atomic E-state index is 4.91. The lowest BCUT2D eigenvalue weighted by atomic mass is 10.0. The van der Waals surface area contributed by atoms with E-state index in [1.165, 1.54) is 10.8 Å². The molecular formula is C28H20N2. The Morgan fingerprint density at radius 3 is 2.20 bits per heavy atom. The Bertz CT molecular complexity index is 1330. The maximum Gasteiger partial charge on any atom is 0.0715 e.